The maximum Gasteiger partial charge on any atom is 0.340 e. The first-order valence-corrected chi connectivity index (χ1v) is 9.88. The molecule has 1 aromatic heterocycles. The first-order chi connectivity index (χ1) is 13.4. The van der Waals surface area contributed by atoms with Gasteiger partial charge in [0.2, 0.25) is 0 Å². The van der Waals surface area contributed by atoms with Crippen molar-refractivity contribution in [2.45, 2.75) is 40.2 Å². The van der Waals surface area contributed by atoms with E-state index in [9.17, 15) is 9.59 Å². The van der Waals surface area contributed by atoms with Gasteiger partial charge in [-0.3, -0.25) is 4.79 Å². The predicted molar refractivity (Wildman–Crippen MR) is 110 cm³/mol. The van der Waals surface area contributed by atoms with Crippen LogP contribution in [0.3, 0.4) is 0 Å². The SMILES string of the molecule is CCOC(=O)c1c(C)[nH]c(C(=O)N(C)Cc2ccccc2N2CCCC2)c1C. The topological polar surface area (TPSA) is 65.6 Å². The lowest BCUT2D eigenvalue weighted by molar-refractivity contribution is 0.0525. The van der Waals surface area contributed by atoms with E-state index in [2.05, 4.69) is 22.0 Å². The van der Waals surface area contributed by atoms with Crippen molar-refractivity contribution in [3.63, 3.8) is 0 Å². The molecule has 1 N–H and O–H groups in total. The number of benzene rings is 1. The number of nitrogens with zero attached hydrogens (tertiary/aromatic N) is 2. The van der Waals surface area contributed by atoms with Gasteiger partial charge < -0.3 is 19.5 Å². The summed E-state index contributed by atoms with van der Waals surface area (Å²) >= 11 is 0. The molecule has 3 rings (SSSR count). The van der Waals surface area contributed by atoms with Crippen LogP contribution in [-0.2, 0) is 11.3 Å². The van der Waals surface area contributed by atoms with Crippen molar-refractivity contribution in [2.75, 3.05) is 31.6 Å². The molecule has 6 nitrogen and oxygen atoms in total. The third kappa shape index (κ3) is 3.91. The molecule has 28 heavy (non-hydrogen) atoms. The van der Waals surface area contributed by atoms with E-state index in [4.69, 9.17) is 4.74 Å². The van der Waals surface area contributed by atoms with Crippen molar-refractivity contribution in [2.24, 2.45) is 0 Å². The Morgan fingerprint density at radius 2 is 1.86 bits per heavy atom. The van der Waals surface area contributed by atoms with Crippen molar-refractivity contribution < 1.29 is 14.3 Å². The van der Waals surface area contributed by atoms with Crippen LogP contribution in [0.1, 0.15) is 57.4 Å². The molecule has 1 aliphatic rings. The highest BCUT2D eigenvalue weighted by Gasteiger charge is 2.25. The summed E-state index contributed by atoms with van der Waals surface area (Å²) in [5.41, 5.74) is 4.53. The zero-order valence-corrected chi connectivity index (χ0v) is 17.2. The Morgan fingerprint density at radius 1 is 1.18 bits per heavy atom. The van der Waals surface area contributed by atoms with Gasteiger partial charge in [0.1, 0.15) is 5.69 Å². The number of aromatic amines is 1. The van der Waals surface area contributed by atoms with Gasteiger partial charge in [-0.15, -0.1) is 0 Å². The molecule has 1 aromatic carbocycles. The molecular formula is C22H29N3O3. The average Bonchev–Trinajstić information content (AvgIpc) is 3.30. The third-order valence-corrected chi connectivity index (χ3v) is 5.32. The summed E-state index contributed by atoms with van der Waals surface area (Å²) in [7, 11) is 1.79. The third-order valence-electron chi connectivity index (χ3n) is 5.32. The molecule has 0 aliphatic carbocycles. The van der Waals surface area contributed by atoms with Crippen LogP contribution in [0.4, 0.5) is 5.69 Å². The Morgan fingerprint density at radius 3 is 2.54 bits per heavy atom. The fourth-order valence-corrected chi connectivity index (χ4v) is 3.90. The number of hydrogen-bond acceptors (Lipinski definition) is 4. The first-order valence-electron chi connectivity index (χ1n) is 9.88. The Kier molecular flexibility index (Phi) is 6.07. The zero-order chi connectivity index (χ0) is 20.3. The monoisotopic (exact) mass is 383 g/mol. The molecule has 1 saturated heterocycles. The van der Waals surface area contributed by atoms with Crippen LogP contribution in [0.2, 0.25) is 0 Å². The van der Waals surface area contributed by atoms with Gasteiger partial charge in [-0.05, 0) is 50.8 Å². The number of carbonyl (C=O) groups is 2. The fourth-order valence-electron chi connectivity index (χ4n) is 3.90. The van der Waals surface area contributed by atoms with E-state index in [-0.39, 0.29) is 5.91 Å². The second kappa shape index (κ2) is 8.50. The standard InChI is InChI=1S/C22H29N3O3/c1-5-28-22(27)19-15(2)20(23-16(19)3)21(26)24(4)14-17-10-6-7-11-18(17)25-12-8-9-13-25/h6-7,10-11,23H,5,8-9,12-14H2,1-4H3. The maximum atomic E-state index is 13.1. The summed E-state index contributed by atoms with van der Waals surface area (Å²) in [6.07, 6.45) is 2.42. The van der Waals surface area contributed by atoms with Gasteiger partial charge >= 0.3 is 5.97 Å². The molecular weight excluding hydrogens is 354 g/mol. The molecule has 0 unspecified atom stereocenters. The van der Waals surface area contributed by atoms with E-state index >= 15 is 0 Å². The summed E-state index contributed by atoms with van der Waals surface area (Å²) in [5, 5.41) is 0. The lowest BCUT2D eigenvalue weighted by atomic mass is 10.1. The summed E-state index contributed by atoms with van der Waals surface area (Å²) in [5.74, 6) is -0.526. The minimum absolute atomic E-state index is 0.132. The normalized spacial score (nSPS) is 13.6. The molecule has 1 aliphatic heterocycles. The largest absolute Gasteiger partial charge is 0.462 e. The van der Waals surface area contributed by atoms with E-state index in [1.165, 1.54) is 18.5 Å². The van der Waals surface area contributed by atoms with Crippen LogP contribution >= 0.6 is 0 Å². The molecule has 0 spiro atoms. The molecule has 2 heterocycles. The van der Waals surface area contributed by atoms with E-state index in [1.807, 2.05) is 12.1 Å². The van der Waals surface area contributed by atoms with Crippen molar-refractivity contribution in [3.8, 4) is 0 Å². The fraction of sp³-hybridized carbons (Fsp3) is 0.455. The highest BCUT2D eigenvalue weighted by Crippen LogP contribution is 2.26. The van der Waals surface area contributed by atoms with E-state index < -0.39 is 5.97 Å². The van der Waals surface area contributed by atoms with Gasteiger partial charge in [-0.1, -0.05) is 18.2 Å². The number of H-pyrrole nitrogens is 1. The average molecular weight is 383 g/mol. The van der Waals surface area contributed by atoms with Gasteiger partial charge in [0.25, 0.3) is 5.91 Å². The number of amides is 1. The minimum atomic E-state index is -0.394. The predicted octanol–water partition coefficient (Wildman–Crippen LogP) is 3.68. The number of aryl methyl sites for hydroxylation is 1. The van der Waals surface area contributed by atoms with Crippen LogP contribution in [-0.4, -0.2) is 48.5 Å². The van der Waals surface area contributed by atoms with Crippen LogP contribution < -0.4 is 4.90 Å². The van der Waals surface area contributed by atoms with E-state index in [0.717, 1.165) is 18.7 Å². The number of anilines is 1. The summed E-state index contributed by atoms with van der Waals surface area (Å²) in [4.78, 5) is 32.4. The van der Waals surface area contributed by atoms with Crippen LogP contribution in [0.5, 0.6) is 0 Å². The minimum Gasteiger partial charge on any atom is -0.462 e. The van der Waals surface area contributed by atoms with Gasteiger partial charge in [0, 0.05) is 38.1 Å². The molecule has 1 fully saturated rings. The zero-order valence-electron chi connectivity index (χ0n) is 17.2. The highest BCUT2D eigenvalue weighted by molar-refractivity contribution is 6.00. The second-order valence-electron chi connectivity index (χ2n) is 7.33. The lowest BCUT2D eigenvalue weighted by Gasteiger charge is -2.24. The number of rotatable bonds is 6. The summed E-state index contributed by atoms with van der Waals surface area (Å²) < 4.78 is 5.12. The van der Waals surface area contributed by atoms with Gasteiger partial charge in [-0.25, -0.2) is 4.79 Å². The van der Waals surface area contributed by atoms with E-state index in [1.54, 1.807) is 32.7 Å². The molecule has 0 atom stereocenters. The quantitative estimate of drug-likeness (QED) is 0.773. The van der Waals surface area contributed by atoms with Gasteiger partial charge in [-0.2, -0.15) is 0 Å². The Labute approximate surface area is 166 Å². The Bertz CT molecular complexity index is 866. The smallest absolute Gasteiger partial charge is 0.340 e. The maximum absolute atomic E-state index is 13.1. The Balaban J connectivity index is 1.81. The molecule has 2 aromatic rings. The first kappa shape index (κ1) is 20.0. The molecule has 1 amide bonds. The van der Waals surface area contributed by atoms with Crippen molar-refractivity contribution >= 4 is 17.6 Å². The molecule has 150 valence electrons. The van der Waals surface area contributed by atoms with Crippen LogP contribution in [0, 0.1) is 13.8 Å². The van der Waals surface area contributed by atoms with Gasteiger partial charge in [0.05, 0.1) is 12.2 Å². The highest BCUT2D eigenvalue weighted by atomic mass is 16.5. The van der Waals surface area contributed by atoms with Crippen LogP contribution in [0.25, 0.3) is 0 Å². The molecule has 0 bridgehead atoms. The molecule has 0 radical (unpaired) electrons. The number of hydrogen-bond donors (Lipinski definition) is 1. The van der Waals surface area contributed by atoms with Crippen molar-refractivity contribution in [3.05, 3.63) is 52.3 Å². The lowest BCUT2D eigenvalue weighted by Crippen LogP contribution is -2.28. The summed E-state index contributed by atoms with van der Waals surface area (Å²) in [6.45, 7) is 8.29. The summed E-state index contributed by atoms with van der Waals surface area (Å²) in [6, 6.07) is 8.26. The number of esters is 1. The number of nitrogens with one attached hydrogen (secondary N) is 1. The Hall–Kier alpha value is -2.76. The second-order valence-corrected chi connectivity index (χ2v) is 7.33. The van der Waals surface area contributed by atoms with E-state index in [0.29, 0.717) is 35.7 Å². The number of para-hydroxylation sites is 1. The number of aromatic nitrogens is 1. The number of ether oxygens (including phenoxy) is 1. The van der Waals surface area contributed by atoms with Crippen molar-refractivity contribution in [1.29, 1.82) is 0 Å². The molecule has 0 saturated carbocycles. The number of carbonyl (C=O) groups excluding carboxylic acids is 2. The van der Waals surface area contributed by atoms with Crippen molar-refractivity contribution in [1.82, 2.24) is 9.88 Å². The van der Waals surface area contributed by atoms with Crippen LogP contribution in [0.15, 0.2) is 24.3 Å². The van der Waals surface area contributed by atoms with Gasteiger partial charge in [0.15, 0.2) is 0 Å². The molecule has 6 heteroatoms.